The number of nitrogens with one attached hydrogen (secondary N) is 2. The first kappa shape index (κ1) is 22.8. The molecule has 0 aromatic heterocycles. The smallest absolute Gasteiger partial charge is 0.469 e. The number of fused-ring (bicyclic) bond motifs is 1. The molecule has 11 nitrogen and oxygen atoms in total. The fourth-order valence-electron chi connectivity index (χ4n) is 3.46. The van der Waals surface area contributed by atoms with Gasteiger partial charge in [-0.05, 0) is 36.7 Å². The second kappa shape index (κ2) is 9.11. The Balaban J connectivity index is 1.80. The van der Waals surface area contributed by atoms with E-state index in [4.69, 9.17) is 9.79 Å². The van der Waals surface area contributed by atoms with Crippen LogP contribution in [0, 0.1) is 5.92 Å². The first-order chi connectivity index (χ1) is 14.6. The molecular weight excluding hydrogens is 429 g/mol. The number of Topliss-reactive ketones (excluding diaryl/α,β-unsaturated/α-hetero) is 1. The summed E-state index contributed by atoms with van der Waals surface area (Å²) in [5.41, 5.74) is 1.49. The molecule has 166 valence electrons. The van der Waals surface area contributed by atoms with Crippen molar-refractivity contribution < 1.29 is 38.4 Å². The van der Waals surface area contributed by atoms with Crippen LogP contribution < -0.4 is 10.6 Å². The summed E-state index contributed by atoms with van der Waals surface area (Å²) in [6.45, 7) is 1.05. The molecule has 2 unspecified atom stereocenters. The quantitative estimate of drug-likeness (QED) is 0.283. The molecule has 0 fully saturated rings. The molecule has 12 heteroatoms. The SMILES string of the molecule is CC1NC=C(COP(=O)(O)O)C(C=N[C@@H](C[C@@H]2C(=O)Nc3ccccc32)C(=O)O)C1=O. The molecule has 2 aliphatic rings. The van der Waals surface area contributed by atoms with Crippen LogP contribution in [0.2, 0.25) is 0 Å². The van der Waals surface area contributed by atoms with E-state index >= 15 is 0 Å². The van der Waals surface area contributed by atoms with Crippen molar-refractivity contribution >= 4 is 37.4 Å². The van der Waals surface area contributed by atoms with Crippen molar-refractivity contribution in [3.8, 4) is 0 Å². The van der Waals surface area contributed by atoms with Crippen molar-refractivity contribution in [2.24, 2.45) is 10.9 Å². The van der Waals surface area contributed by atoms with E-state index in [1.807, 2.05) is 0 Å². The molecule has 1 aromatic carbocycles. The van der Waals surface area contributed by atoms with E-state index in [2.05, 4.69) is 20.1 Å². The number of para-hydroxylation sites is 1. The molecule has 2 heterocycles. The molecule has 0 aliphatic carbocycles. The predicted molar refractivity (Wildman–Crippen MR) is 110 cm³/mol. The van der Waals surface area contributed by atoms with Gasteiger partial charge in [-0.3, -0.25) is 19.1 Å². The van der Waals surface area contributed by atoms with E-state index in [1.54, 1.807) is 31.2 Å². The molecule has 2 aliphatic heterocycles. The minimum atomic E-state index is -4.77. The molecular formula is C19H22N3O8P. The average Bonchev–Trinajstić information content (AvgIpc) is 3.01. The van der Waals surface area contributed by atoms with Crippen LogP contribution in [0.5, 0.6) is 0 Å². The maximum absolute atomic E-state index is 12.5. The lowest BCUT2D eigenvalue weighted by Crippen LogP contribution is -2.42. The Morgan fingerprint density at radius 2 is 2.03 bits per heavy atom. The fraction of sp³-hybridized carbons (Fsp3) is 0.368. The third-order valence-electron chi connectivity index (χ3n) is 5.12. The van der Waals surface area contributed by atoms with Gasteiger partial charge in [0, 0.05) is 11.9 Å². The Kier molecular flexibility index (Phi) is 6.71. The number of anilines is 1. The molecule has 0 saturated carbocycles. The molecule has 1 amide bonds. The zero-order valence-corrected chi connectivity index (χ0v) is 17.4. The monoisotopic (exact) mass is 451 g/mol. The van der Waals surface area contributed by atoms with Crippen molar-refractivity contribution in [3.63, 3.8) is 0 Å². The van der Waals surface area contributed by atoms with Crippen LogP contribution in [0.4, 0.5) is 5.69 Å². The number of nitrogens with zero attached hydrogens (tertiary/aromatic N) is 1. The Morgan fingerprint density at radius 1 is 1.32 bits per heavy atom. The van der Waals surface area contributed by atoms with E-state index in [0.717, 1.165) is 6.21 Å². The van der Waals surface area contributed by atoms with Crippen molar-refractivity contribution in [1.29, 1.82) is 0 Å². The molecule has 0 radical (unpaired) electrons. The zero-order valence-electron chi connectivity index (χ0n) is 16.5. The summed E-state index contributed by atoms with van der Waals surface area (Å²) in [6.07, 6.45) is 2.43. The molecule has 3 rings (SSSR count). The summed E-state index contributed by atoms with van der Waals surface area (Å²) in [6, 6.07) is 5.05. The van der Waals surface area contributed by atoms with Crippen LogP contribution >= 0.6 is 7.82 Å². The van der Waals surface area contributed by atoms with Gasteiger partial charge in [-0.1, -0.05) is 18.2 Å². The highest BCUT2D eigenvalue weighted by Gasteiger charge is 2.35. The number of aliphatic imine (C=N–C) groups is 1. The number of aliphatic carboxylic acids is 1. The van der Waals surface area contributed by atoms with E-state index in [-0.39, 0.29) is 23.7 Å². The number of amides is 1. The van der Waals surface area contributed by atoms with Crippen LogP contribution in [0.15, 0.2) is 41.0 Å². The lowest BCUT2D eigenvalue weighted by Gasteiger charge is -2.26. The van der Waals surface area contributed by atoms with E-state index in [1.165, 1.54) is 6.20 Å². The number of benzene rings is 1. The molecule has 1 aromatic rings. The number of carboxylic acid groups (broad SMARTS) is 1. The van der Waals surface area contributed by atoms with Crippen molar-refractivity contribution in [1.82, 2.24) is 5.32 Å². The van der Waals surface area contributed by atoms with Gasteiger partial charge in [0.2, 0.25) is 5.91 Å². The second-order valence-corrected chi connectivity index (χ2v) is 8.51. The fourth-order valence-corrected chi connectivity index (χ4v) is 3.78. The highest BCUT2D eigenvalue weighted by molar-refractivity contribution is 7.46. The maximum Gasteiger partial charge on any atom is 0.469 e. The lowest BCUT2D eigenvalue weighted by molar-refractivity contribution is -0.138. The first-order valence-corrected chi connectivity index (χ1v) is 10.9. The summed E-state index contributed by atoms with van der Waals surface area (Å²) < 4.78 is 15.5. The Labute approximate surface area is 177 Å². The van der Waals surface area contributed by atoms with E-state index in [9.17, 15) is 24.1 Å². The second-order valence-electron chi connectivity index (χ2n) is 7.27. The highest BCUT2D eigenvalue weighted by Crippen LogP contribution is 2.37. The molecule has 31 heavy (non-hydrogen) atoms. The number of phosphoric acid groups is 1. The maximum atomic E-state index is 12.5. The van der Waals surface area contributed by atoms with Crippen LogP contribution in [-0.4, -0.2) is 57.5 Å². The van der Waals surface area contributed by atoms with Crippen molar-refractivity contribution in [2.75, 3.05) is 11.9 Å². The third kappa shape index (κ3) is 5.45. The number of carbonyl (C=O) groups is 3. The third-order valence-corrected chi connectivity index (χ3v) is 5.59. The average molecular weight is 451 g/mol. The number of carboxylic acids is 1. The number of rotatable bonds is 8. The summed E-state index contributed by atoms with van der Waals surface area (Å²) in [4.78, 5) is 58.5. The summed E-state index contributed by atoms with van der Waals surface area (Å²) in [5.74, 6) is -3.67. The summed E-state index contributed by atoms with van der Waals surface area (Å²) >= 11 is 0. The minimum Gasteiger partial charge on any atom is -0.480 e. The van der Waals surface area contributed by atoms with Gasteiger partial charge in [-0.25, -0.2) is 9.36 Å². The number of carbonyl (C=O) groups excluding carboxylic acids is 2. The predicted octanol–water partition coefficient (Wildman–Crippen LogP) is 0.807. The first-order valence-electron chi connectivity index (χ1n) is 9.41. The molecule has 5 N–H and O–H groups in total. The number of hydrogen-bond donors (Lipinski definition) is 5. The molecule has 0 saturated heterocycles. The van der Waals surface area contributed by atoms with Crippen molar-refractivity contribution in [2.45, 2.75) is 31.3 Å². The van der Waals surface area contributed by atoms with Gasteiger partial charge >= 0.3 is 13.8 Å². The Bertz CT molecular complexity index is 1000. The summed E-state index contributed by atoms with van der Waals surface area (Å²) in [5, 5.41) is 15.1. The van der Waals surface area contributed by atoms with Crippen LogP contribution in [0.25, 0.3) is 0 Å². The number of hydrogen-bond acceptors (Lipinski definition) is 7. The Hall–Kier alpha value is -2.85. The largest absolute Gasteiger partial charge is 0.480 e. The lowest BCUT2D eigenvalue weighted by atomic mass is 9.89. The highest BCUT2D eigenvalue weighted by atomic mass is 31.2. The molecule has 0 bridgehead atoms. The zero-order chi connectivity index (χ0) is 22.8. The van der Waals surface area contributed by atoms with Gasteiger partial charge in [0.1, 0.15) is 6.04 Å². The minimum absolute atomic E-state index is 0.110. The van der Waals surface area contributed by atoms with Gasteiger partial charge in [0.15, 0.2) is 5.78 Å². The van der Waals surface area contributed by atoms with Gasteiger partial charge in [-0.2, -0.15) is 0 Å². The summed E-state index contributed by atoms with van der Waals surface area (Å²) in [7, 11) is -4.77. The molecule has 4 atom stereocenters. The number of ketones is 1. The van der Waals surface area contributed by atoms with Crippen molar-refractivity contribution in [3.05, 3.63) is 41.6 Å². The van der Waals surface area contributed by atoms with Gasteiger partial charge in [0.25, 0.3) is 0 Å². The van der Waals surface area contributed by atoms with Gasteiger partial charge in [-0.15, -0.1) is 0 Å². The van der Waals surface area contributed by atoms with Crippen LogP contribution in [0.3, 0.4) is 0 Å². The topological polar surface area (TPSA) is 175 Å². The number of phosphoric ester groups is 1. The van der Waals surface area contributed by atoms with E-state index in [0.29, 0.717) is 11.3 Å². The van der Waals surface area contributed by atoms with Crippen LogP contribution in [0.1, 0.15) is 24.8 Å². The normalized spacial score (nSPS) is 24.4. The standard InChI is InChI=1S/C19H22N3O8P/c1-10-17(23)14(11(7-20-10)9-30-31(27,28)29)8-21-16(19(25)26)6-13-12-4-2-3-5-15(12)22-18(13)24/h2-5,7-8,10,13-14,16,20H,6,9H2,1H3,(H,22,24)(H,25,26)(H2,27,28,29)/t10?,13-,14?,16-/m0/s1. The van der Waals surface area contributed by atoms with Gasteiger partial charge < -0.3 is 25.5 Å². The van der Waals surface area contributed by atoms with E-state index < -0.39 is 44.3 Å². The Morgan fingerprint density at radius 3 is 2.71 bits per heavy atom. The molecule has 0 spiro atoms. The van der Waals surface area contributed by atoms with Crippen LogP contribution in [-0.2, 0) is 23.5 Å². The van der Waals surface area contributed by atoms with Gasteiger partial charge in [0.05, 0.1) is 24.5 Å².